The number of carbonyl (C=O) groups excluding carboxylic acids is 1. The molecule has 15 heavy (non-hydrogen) atoms. The van der Waals surface area contributed by atoms with Gasteiger partial charge in [-0.25, -0.2) is 0 Å². The molecule has 0 aliphatic carbocycles. The van der Waals surface area contributed by atoms with Gasteiger partial charge in [0.15, 0.2) is 6.29 Å². The fourth-order valence-electron chi connectivity index (χ4n) is 1.72. The quantitative estimate of drug-likeness (QED) is 0.717. The van der Waals surface area contributed by atoms with E-state index >= 15 is 0 Å². The number of fused-ring (bicyclic) bond motifs is 1. The highest BCUT2D eigenvalue weighted by Gasteiger charge is 2.07. The lowest BCUT2D eigenvalue weighted by molar-refractivity contribution is 0.112. The Labute approximate surface area is 86.8 Å². The summed E-state index contributed by atoms with van der Waals surface area (Å²) < 4.78 is 0. The van der Waals surface area contributed by atoms with E-state index in [1.165, 1.54) is 0 Å². The van der Waals surface area contributed by atoms with Gasteiger partial charge in [0.2, 0.25) is 0 Å². The molecule has 3 heteroatoms. The van der Waals surface area contributed by atoms with Crippen LogP contribution in [-0.2, 0) is 0 Å². The number of aryl methyl sites for hydroxylation is 2. The number of aldehydes is 1. The normalized spacial score (nSPS) is 10.5. The van der Waals surface area contributed by atoms with Gasteiger partial charge in [-0.3, -0.25) is 9.59 Å². The molecule has 1 N–H and O–H groups in total. The Morgan fingerprint density at radius 2 is 2.00 bits per heavy atom. The molecule has 0 spiro atoms. The van der Waals surface area contributed by atoms with Crippen LogP contribution >= 0.6 is 0 Å². The van der Waals surface area contributed by atoms with Crippen LogP contribution in [0.25, 0.3) is 10.9 Å². The van der Waals surface area contributed by atoms with Gasteiger partial charge in [0, 0.05) is 10.9 Å². The third-order valence-corrected chi connectivity index (χ3v) is 2.59. The molecule has 1 heterocycles. The SMILES string of the molecule is Cc1ccc2[nH]c(=O)c(C=O)c(C)c2c1. The monoisotopic (exact) mass is 201 g/mol. The topological polar surface area (TPSA) is 49.9 Å². The molecule has 0 bridgehead atoms. The van der Waals surface area contributed by atoms with Crippen LogP contribution in [0.1, 0.15) is 21.5 Å². The summed E-state index contributed by atoms with van der Waals surface area (Å²) in [5.74, 6) is 0. The number of aromatic amines is 1. The van der Waals surface area contributed by atoms with Gasteiger partial charge in [-0.2, -0.15) is 0 Å². The summed E-state index contributed by atoms with van der Waals surface area (Å²) in [6.45, 7) is 3.77. The molecule has 0 fully saturated rings. The molecule has 0 amide bonds. The molecular weight excluding hydrogens is 190 g/mol. The standard InChI is InChI=1S/C12H11NO2/c1-7-3-4-11-9(5-7)8(2)10(6-14)12(15)13-11/h3-6H,1-2H3,(H,13,15). The number of pyridine rings is 1. The van der Waals surface area contributed by atoms with Crippen molar-refractivity contribution in [1.29, 1.82) is 0 Å². The Balaban J connectivity index is 2.98. The third-order valence-electron chi connectivity index (χ3n) is 2.59. The second kappa shape index (κ2) is 3.35. The van der Waals surface area contributed by atoms with Crippen LogP contribution in [0.4, 0.5) is 0 Å². The minimum atomic E-state index is -0.321. The van der Waals surface area contributed by atoms with E-state index in [1.54, 1.807) is 6.92 Å². The molecule has 0 unspecified atom stereocenters. The minimum Gasteiger partial charge on any atom is -0.321 e. The van der Waals surface area contributed by atoms with Crippen molar-refractivity contribution in [2.24, 2.45) is 0 Å². The van der Waals surface area contributed by atoms with Crippen molar-refractivity contribution in [3.8, 4) is 0 Å². The van der Waals surface area contributed by atoms with Crippen molar-refractivity contribution >= 4 is 17.2 Å². The second-order valence-electron chi connectivity index (χ2n) is 3.66. The van der Waals surface area contributed by atoms with E-state index in [0.717, 1.165) is 22.0 Å². The van der Waals surface area contributed by atoms with Crippen molar-refractivity contribution in [3.63, 3.8) is 0 Å². The molecule has 0 radical (unpaired) electrons. The maximum absolute atomic E-state index is 11.5. The van der Waals surface area contributed by atoms with Crippen LogP contribution in [0.2, 0.25) is 0 Å². The zero-order chi connectivity index (χ0) is 11.0. The number of benzene rings is 1. The fourth-order valence-corrected chi connectivity index (χ4v) is 1.72. The number of H-pyrrole nitrogens is 1. The summed E-state index contributed by atoms with van der Waals surface area (Å²) in [5, 5.41) is 0.928. The lowest BCUT2D eigenvalue weighted by Gasteiger charge is -2.04. The molecule has 0 atom stereocenters. The lowest BCUT2D eigenvalue weighted by atomic mass is 10.0. The molecule has 2 aromatic rings. The van der Waals surface area contributed by atoms with Crippen molar-refractivity contribution in [3.05, 3.63) is 45.2 Å². The van der Waals surface area contributed by atoms with E-state index in [0.29, 0.717) is 6.29 Å². The average molecular weight is 201 g/mol. The Morgan fingerprint density at radius 1 is 1.27 bits per heavy atom. The molecule has 3 nitrogen and oxygen atoms in total. The molecule has 0 aliphatic rings. The van der Waals surface area contributed by atoms with Gasteiger partial charge < -0.3 is 4.98 Å². The van der Waals surface area contributed by atoms with Crippen LogP contribution < -0.4 is 5.56 Å². The lowest BCUT2D eigenvalue weighted by Crippen LogP contribution is -2.14. The van der Waals surface area contributed by atoms with Crippen LogP contribution in [0.3, 0.4) is 0 Å². The van der Waals surface area contributed by atoms with Gasteiger partial charge in [-0.1, -0.05) is 11.6 Å². The summed E-state index contributed by atoms with van der Waals surface area (Å²) in [4.78, 5) is 24.9. The van der Waals surface area contributed by atoms with Crippen molar-refractivity contribution < 1.29 is 4.79 Å². The summed E-state index contributed by atoms with van der Waals surface area (Å²) in [5.41, 5.74) is 2.52. The van der Waals surface area contributed by atoms with Gasteiger partial charge in [-0.15, -0.1) is 0 Å². The van der Waals surface area contributed by atoms with Crippen molar-refractivity contribution in [2.45, 2.75) is 13.8 Å². The average Bonchev–Trinajstić information content (AvgIpc) is 2.20. The molecule has 1 aromatic carbocycles. The van der Waals surface area contributed by atoms with Crippen molar-refractivity contribution in [2.75, 3.05) is 0 Å². The number of carbonyl (C=O) groups is 1. The Kier molecular flexibility index (Phi) is 2.15. The Morgan fingerprint density at radius 3 is 2.67 bits per heavy atom. The van der Waals surface area contributed by atoms with E-state index in [4.69, 9.17) is 0 Å². The van der Waals surface area contributed by atoms with Gasteiger partial charge in [-0.05, 0) is 31.5 Å². The summed E-state index contributed by atoms with van der Waals surface area (Å²) in [6.07, 6.45) is 0.607. The van der Waals surface area contributed by atoms with Crippen LogP contribution in [0.5, 0.6) is 0 Å². The highest BCUT2D eigenvalue weighted by atomic mass is 16.1. The van der Waals surface area contributed by atoms with E-state index < -0.39 is 0 Å². The molecular formula is C12H11NO2. The van der Waals surface area contributed by atoms with E-state index in [2.05, 4.69) is 4.98 Å². The first-order valence-electron chi connectivity index (χ1n) is 4.72. The van der Waals surface area contributed by atoms with E-state index in [-0.39, 0.29) is 11.1 Å². The smallest absolute Gasteiger partial charge is 0.259 e. The van der Waals surface area contributed by atoms with Gasteiger partial charge in [0.25, 0.3) is 5.56 Å². The third kappa shape index (κ3) is 1.46. The summed E-state index contributed by atoms with van der Waals surface area (Å²) in [7, 11) is 0. The van der Waals surface area contributed by atoms with Gasteiger partial charge >= 0.3 is 0 Å². The number of aromatic nitrogens is 1. The zero-order valence-electron chi connectivity index (χ0n) is 8.63. The molecule has 76 valence electrons. The van der Waals surface area contributed by atoms with Crippen LogP contribution in [0.15, 0.2) is 23.0 Å². The number of rotatable bonds is 1. The summed E-state index contributed by atoms with van der Waals surface area (Å²) >= 11 is 0. The molecule has 0 aliphatic heterocycles. The molecule has 2 rings (SSSR count). The Bertz CT molecular complexity index is 596. The van der Waals surface area contributed by atoms with Crippen LogP contribution in [-0.4, -0.2) is 11.3 Å². The predicted molar refractivity (Wildman–Crippen MR) is 59.4 cm³/mol. The zero-order valence-corrected chi connectivity index (χ0v) is 8.63. The predicted octanol–water partition coefficient (Wildman–Crippen LogP) is 1.96. The largest absolute Gasteiger partial charge is 0.321 e. The number of hydrogen-bond donors (Lipinski definition) is 1. The Hall–Kier alpha value is -1.90. The second-order valence-corrected chi connectivity index (χ2v) is 3.66. The van der Waals surface area contributed by atoms with Gasteiger partial charge in [0.05, 0.1) is 5.56 Å². The minimum absolute atomic E-state index is 0.216. The van der Waals surface area contributed by atoms with Gasteiger partial charge in [0.1, 0.15) is 0 Å². The first-order valence-corrected chi connectivity index (χ1v) is 4.72. The summed E-state index contributed by atoms with van der Waals surface area (Å²) in [6, 6.07) is 5.75. The first-order chi connectivity index (χ1) is 7.13. The van der Waals surface area contributed by atoms with Crippen molar-refractivity contribution in [1.82, 2.24) is 4.98 Å². The highest BCUT2D eigenvalue weighted by molar-refractivity contribution is 5.90. The molecule has 0 saturated carbocycles. The number of nitrogens with one attached hydrogen (secondary N) is 1. The molecule has 1 aromatic heterocycles. The first kappa shape index (κ1) is 9.65. The maximum Gasteiger partial charge on any atom is 0.259 e. The van der Waals surface area contributed by atoms with E-state index in [9.17, 15) is 9.59 Å². The molecule has 0 saturated heterocycles. The fraction of sp³-hybridized carbons (Fsp3) is 0.167. The number of hydrogen-bond acceptors (Lipinski definition) is 2. The van der Waals surface area contributed by atoms with Crippen LogP contribution in [0, 0.1) is 13.8 Å². The van der Waals surface area contributed by atoms with E-state index in [1.807, 2.05) is 25.1 Å². The highest BCUT2D eigenvalue weighted by Crippen LogP contribution is 2.17. The maximum atomic E-state index is 11.5.